The molecule has 0 bridgehead atoms. The Kier molecular flexibility index (Phi) is 5.75. The molecule has 0 aliphatic carbocycles. The first-order valence-corrected chi connectivity index (χ1v) is 13.2. The van der Waals surface area contributed by atoms with Gasteiger partial charge in [0.2, 0.25) is 5.91 Å². The standard InChI is InChI=1S/C27H31N5OS/c1-19-5-10-25(34-19)21-6-8-22(9-7-21)31-14-12-30(13-15-31)18-20-16-23-26(28-17-20)32-11-3-2-4-24(32)27(33)29-23/h5-10,16-17,24H,2-4,11-15,18H2,1H3,(H,29,33). The van der Waals surface area contributed by atoms with Crippen molar-refractivity contribution in [2.75, 3.05) is 47.8 Å². The van der Waals surface area contributed by atoms with Crippen LogP contribution in [0.3, 0.4) is 0 Å². The van der Waals surface area contributed by atoms with Crippen molar-refractivity contribution in [2.24, 2.45) is 0 Å². The Morgan fingerprint density at radius 3 is 2.62 bits per heavy atom. The molecule has 1 atom stereocenters. The molecular formula is C27H31N5OS. The Balaban J connectivity index is 1.08. The van der Waals surface area contributed by atoms with Crippen LogP contribution in [0.4, 0.5) is 17.2 Å². The molecule has 3 aromatic rings. The molecule has 5 heterocycles. The molecule has 0 radical (unpaired) electrons. The van der Waals surface area contributed by atoms with Crippen LogP contribution >= 0.6 is 11.3 Å². The third kappa shape index (κ3) is 4.18. The maximum Gasteiger partial charge on any atom is 0.247 e. The number of fused-ring (bicyclic) bond motifs is 3. The monoisotopic (exact) mass is 473 g/mol. The Hall–Kier alpha value is -2.90. The Morgan fingerprint density at radius 1 is 1.03 bits per heavy atom. The van der Waals surface area contributed by atoms with Crippen LogP contribution in [0, 0.1) is 6.92 Å². The van der Waals surface area contributed by atoms with Crippen molar-refractivity contribution in [1.82, 2.24) is 9.88 Å². The number of nitrogens with one attached hydrogen (secondary N) is 1. The van der Waals surface area contributed by atoms with E-state index in [-0.39, 0.29) is 11.9 Å². The molecular weight excluding hydrogens is 442 g/mol. The minimum Gasteiger partial charge on any atom is -0.369 e. The second kappa shape index (κ2) is 9.04. The van der Waals surface area contributed by atoms with E-state index in [1.807, 2.05) is 17.5 Å². The molecule has 2 fully saturated rings. The van der Waals surface area contributed by atoms with Crippen LogP contribution in [-0.4, -0.2) is 54.6 Å². The number of piperazine rings is 1. The summed E-state index contributed by atoms with van der Waals surface area (Å²) in [6.07, 6.45) is 5.18. The molecule has 2 aromatic heterocycles. The Bertz CT molecular complexity index is 1180. The number of amides is 1. The third-order valence-corrected chi connectivity index (χ3v) is 8.34. The highest BCUT2D eigenvalue weighted by Crippen LogP contribution is 2.35. The van der Waals surface area contributed by atoms with Crippen LogP contribution in [0.1, 0.15) is 29.7 Å². The molecule has 3 aliphatic rings. The highest BCUT2D eigenvalue weighted by atomic mass is 32.1. The van der Waals surface area contributed by atoms with E-state index in [2.05, 4.69) is 69.4 Å². The van der Waals surface area contributed by atoms with Crippen LogP contribution in [0.5, 0.6) is 0 Å². The minimum atomic E-state index is -0.0452. The summed E-state index contributed by atoms with van der Waals surface area (Å²) in [6.45, 7) is 8.01. The average molecular weight is 474 g/mol. The summed E-state index contributed by atoms with van der Waals surface area (Å²) in [6, 6.07) is 15.5. The molecule has 1 unspecified atom stereocenters. The number of hydrogen-bond donors (Lipinski definition) is 1. The second-order valence-corrected chi connectivity index (χ2v) is 10.9. The van der Waals surface area contributed by atoms with Gasteiger partial charge in [-0.1, -0.05) is 12.1 Å². The van der Waals surface area contributed by atoms with Crippen LogP contribution in [0.25, 0.3) is 10.4 Å². The quantitative estimate of drug-likeness (QED) is 0.593. The molecule has 1 amide bonds. The molecule has 2 saturated heterocycles. The van der Waals surface area contributed by atoms with Crippen molar-refractivity contribution in [2.45, 2.75) is 38.8 Å². The van der Waals surface area contributed by atoms with Gasteiger partial charge in [0, 0.05) is 60.9 Å². The number of pyridine rings is 1. The normalized spacial score (nSPS) is 20.6. The van der Waals surface area contributed by atoms with Crippen molar-refractivity contribution in [3.05, 3.63) is 59.1 Å². The van der Waals surface area contributed by atoms with Gasteiger partial charge in [-0.25, -0.2) is 4.98 Å². The fraction of sp³-hybridized carbons (Fsp3) is 0.407. The van der Waals surface area contributed by atoms with E-state index < -0.39 is 0 Å². The van der Waals surface area contributed by atoms with Crippen molar-refractivity contribution < 1.29 is 4.79 Å². The number of thiophene rings is 1. The second-order valence-electron chi connectivity index (χ2n) is 9.63. The molecule has 0 saturated carbocycles. The van der Waals surface area contributed by atoms with Gasteiger partial charge in [-0.2, -0.15) is 0 Å². The van der Waals surface area contributed by atoms with E-state index in [0.29, 0.717) is 0 Å². The average Bonchev–Trinajstić information content (AvgIpc) is 3.31. The lowest BCUT2D eigenvalue weighted by Crippen LogP contribution is -2.51. The van der Waals surface area contributed by atoms with Crippen molar-refractivity contribution >= 4 is 34.4 Å². The van der Waals surface area contributed by atoms with Gasteiger partial charge in [-0.05, 0) is 67.6 Å². The van der Waals surface area contributed by atoms with Gasteiger partial charge < -0.3 is 15.1 Å². The predicted octanol–water partition coefficient (Wildman–Crippen LogP) is 4.75. The molecule has 6 rings (SSSR count). The maximum atomic E-state index is 12.6. The number of carbonyl (C=O) groups is 1. The maximum absolute atomic E-state index is 12.6. The van der Waals surface area contributed by atoms with Gasteiger partial charge >= 0.3 is 0 Å². The summed E-state index contributed by atoms with van der Waals surface area (Å²) in [5, 5.41) is 3.11. The van der Waals surface area contributed by atoms with Gasteiger partial charge in [0.05, 0.1) is 5.69 Å². The van der Waals surface area contributed by atoms with Gasteiger partial charge in [0.25, 0.3) is 0 Å². The molecule has 7 heteroatoms. The van der Waals surface area contributed by atoms with E-state index in [1.165, 1.54) is 26.6 Å². The van der Waals surface area contributed by atoms with Gasteiger partial charge in [0.15, 0.2) is 5.82 Å². The summed E-state index contributed by atoms with van der Waals surface area (Å²) in [7, 11) is 0. The lowest BCUT2D eigenvalue weighted by molar-refractivity contribution is -0.118. The number of rotatable bonds is 4. The number of nitrogens with zero attached hydrogens (tertiary/aromatic N) is 4. The minimum absolute atomic E-state index is 0.0452. The van der Waals surface area contributed by atoms with Crippen molar-refractivity contribution in [3.8, 4) is 10.4 Å². The molecule has 176 valence electrons. The van der Waals surface area contributed by atoms with Crippen LogP contribution in [0.15, 0.2) is 48.7 Å². The van der Waals surface area contributed by atoms with Crippen LogP contribution < -0.4 is 15.1 Å². The first-order chi connectivity index (χ1) is 16.6. The van der Waals surface area contributed by atoms with Crippen LogP contribution in [-0.2, 0) is 11.3 Å². The lowest BCUT2D eigenvalue weighted by Gasteiger charge is -2.40. The van der Waals surface area contributed by atoms with Crippen molar-refractivity contribution in [1.29, 1.82) is 0 Å². The third-order valence-electron chi connectivity index (χ3n) is 7.29. The van der Waals surface area contributed by atoms with E-state index in [9.17, 15) is 4.79 Å². The first kappa shape index (κ1) is 21.6. The van der Waals surface area contributed by atoms with Gasteiger partial charge in [-0.3, -0.25) is 9.69 Å². The molecule has 1 N–H and O–H groups in total. The number of aryl methyl sites for hydroxylation is 1. The number of benzene rings is 1. The zero-order valence-corrected chi connectivity index (χ0v) is 20.5. The highest BCUT2D eigenvalue weighted by Gasteiger charge is 2.35. The number of hydrogen-bond acceptors (Lipinski definition) is 6. The van der Waals surface area contributed by atoms with E-state index in [0.717, 1.165) is 70.0 Å². The molecule has 0 spiro atoms. The molecule has 1 aromatic carbocycles. The highest BCUT2D eigenvalue weighted by molar-refractivity contribution is 7.15. The summed E-state index contributed by atoms with van der Waals surface area (Å²) < 4.78 is 0. The van der Waals surface area contributed by atoms with Gasteiger partial charge in [-0.15, -0.1) is 11.3 Å². The van der Waals surface area contributed by atoms with E-state index in [1.54, 1.807) is 0 Å². The predicted molar refractivity (Wildman–Crippen MR) is 140 cm³/mol. The Morgan fingerprint density at radius 2 is 1.85 bits per heavy atom. The zero-order chi connectivity index (χ0) is 23.1. The summed E-state index contributed by atoms with van der Waals surface area (Å²) >= 11 is 1.85. The fourth-order valence-corrected chi connectivity index (χ4v) is 6.30. The fourth-order valence-electron chi connectivity index (χ4n) is 5.43. The topological polar surface area (TPSA) is 51.7 Å². The number of aromatic nitrogens is 1. The lowest BCUT2D eigenvalue weighted by atomic mass is 9.99. The summed E-state index contributed by atoms with van der Waals surface area (Å²) in [4.78, 5) is 27.2. The smallest absolute Gasteiger partial charge is 0.247 e. The van der Waals surface area contributed by atoms with Gasteiger partial charge in [0.1, 0.15) is 6.04 Å². The van der Waals surface area contributed by atoms with E-state index in [4.69, 9.17) is 4.98 Å². The number of anilines is 3. The zero-order valence-electron chi connectivity index (χ0n) is 19.7. The molecule has 34 heavy (non-hydrogen) atoms. The molecule has 6 nitrogen and oxygen atoms in total. The van der Waals surface area contributed by atoms with Crippen LogP contribution in [0.2, 0.25) is 0 Å². The first-order valence-electron chi connectivity index (χ1n) is 12.3. The van der Waals surface area contributed by atoms with Crippen molar-refractivity contribution in [3.63, 3.8) is 0 Å². The summed E-state index contributed by atoms with van der Waals surface area (Å²) in [5.74, 6) is 1.07. The SMILES string of the molecule is Cc1ccc(-c2ccc(N3CCN(Cc4cnc5c(c4)NC(=O)C4CCCCN54)CC3)cc2)s1. The largest absolute Gasteiger partial charge is 0.369 e. The Labute approximate surface area is 205 Å². The van der Waals surface area contributed by atoms with E-state index >= 15 is 0 Å². The summed E-state index contributed by atoms with van der Waals surface area (Å²) in [5.41, 5.74) is 4.63. The number of carbonyl (C=O) groups excluding carboxylic acids is 1. The number of piperidine rings is 1. The molecule has 3 aliphatic heterocycles.